The molecule has 0 fully saturated rings. The van der Waals surface area contributed by atoms with Gasteiger partial charge >= 0.3 is 5.97 Å². The quantitative estimate of drug-likeness (QED) is 0.821. The van der Waals surface area contributed by atoms with Crippen molar-refractivity contribution in [2.75, 3.05) is 6.54 Å². The molecule has 0 unspecified atom stereocenters. The SMILES string of the molecule is CCc1cnc(CCNC(=O)Cc2ccc(C(=O)O)cc2)s1. The number of aryl methyl sites for hydroxylation is 1. The molecule has 116 valence electrons. The Labute approximate surface area is 133 Å². The lowest BCUT2D eigenvalue weighted by molar-refractivity contribution is -0.120. The Morgan fingerprint density at radius 1 is 1.27 bits per heavy atom. The standard InChI is InChI=1S/C16H18N2O3S/c1-2-13-10-18-15(22-13)7-8-17-14(19)9-11-3-5-12(6-4-11)16(20)21/h3-6,10H,2,7-9H2,1H3,(H,17,19)(H,20,21). The zero-order chi connectivity index (χ0) is 15.9. The number of hydrogen-bond donors (Lipinski definition) is 2. The highest BCUT2D eigenvalue weighted by molar-refractivity contribution is 7.11. The lowest BCUT2D eigenvalue weighted by atomic mass is 10.1. The summed E-state index contributed by atoms with van der Waals surface area (Å²) < 4.78 is 0. The molecule has 2 N–H and O–H groups in total. The molecule has 0 saturated carbocycles. The summed E-state index contributed by atoms with van der Waals surface area (Å²) in [5.41, 5.74) is 1.02. The molecule has 2 rings (SSSR count). The van der Waals surface area contributed by atoms with E-state index in [0.717, 1.165) is 23.4 Å². The van der Waals surface area contributed by atoms with Crippen molar-refractivity contribution in [1.82, 2.24) is 10.3 Å². The van der Waals surface area contributed by atoms with E-state index in [4.69, 9.17) is 5.11 Å². The maximum Gasteiger partial charge on any atom is 0.335 e. The van der Waals surface area contributed by atoms with E-state index in [1.165, 1.54) is 17.0 Å². The van der Waals surface area contributed by atoms with Gasteiger partial charge in [-0.05, 0) is 24.1 Å². The van der Waals surface area contributed by atoms with Crippen molar-refractivity contribution in [3.63, 3.8) is 0 Å². The summed E-state index contributed by atoms with van der Waals surface area (Å²) in [5.74, 6) is -1.04. The summed E-state index contributed by atoms with van der Waals surface area (Å²) in [5, 5.41) is 12.7. The molecule has 0 aliphatic rings. The average Bonchev–Trinajstić information content (AvgIpc) is 2.96. The van der Waals surface area contributed by atoms with E-state index in [2.05, 4.69) is 17.2 Å². The van der Waals surface area contributed by atoms with E-state index in [0.29, 0.717) is 6.54 Å². The maximum atomic E-state index is 11.8. The van der Waals surface area contributed by atoms with E-state index < -0.39 is 5.97 Å². The summed E-state index contributed by atoms with van der Waals surface area (Å²) in [6, 6.07) is 6.34. The van der Waals surface area contributed by atoms with Gasteiger partial charge in [-0.3, -0.25) is 4.79 Å². The molecular weight excluding hydrogens is 300 g/mol. The van der Waals surface area contributed by atoms with Crippen LogP contribution in [0.2, 0.25) is 0 Å². The zero-order valence-corrected chi connectivity index (χ0v) is 13.2. The zero-order valence-electron chi connectivity index (χ0n) is 12.3. The van der Waals surface area contributed by atoms with E-state index in [1.54, 1.807) is 23.5 Å². The number of carbonyl (C=O) groups excluding carboxylic acids is 1. The first-order chi connectivity index (χ1) is 10.6. The fourth-order valence-corrected chi connectivity index (χ4v) is 2.81. The van der Waals surface area contributed by atoms with Crippen LogP contribution in [0.4, 0.5) is 0 Å². The largest absolute Gasteiger partial charge is 0.478 e. The molecule has 0 spiro atoms. The number of nitrogens with one attached hydrogen (secondary N) is 1. The normalized spacial score (nSPS) is 10.4. The number of aromatic carboxylic acids is 1. The fourth-order valence-electron chi connectivity index (χ4n) is 1.95. The second kappa shape index (κ2) is 7.70. The molecule has 0 bridgehead atoms. The van der Waals surface area contributed by atoms with Crippen LogP contribution in [0.15, 0.2) is 30.5 Å². The molecule has 2 aromatic rings. The smallest absolute Gasteiger partial charge is 0.335 e. The number of thiazole rings is 1. The van der Waals surface area contributed by atoms with Gasteiger partial charge in [0, 0.05) is 24.0 Å². The van der Waals surface area contributed by atoms with Crippen LogP contribution >= 0.6 is 11.3 Å². The first-order valence-electron chi connectivity index (χ1n) is 7.11. The predicted molar refractivity (Wildman–Crippen MR) is 85.3 cm³/mol. The van der Waals surface area contributed by atoms with Crippen LogP contribution in [0.25, 0.3) is 0 Å². The summed E-state index contributed by atoms with van der Waals surface area (Å²) >= 11 is 1.67. The van der Waals surface area contributed by atoms with Crippen molar-refractivity contribution in [2.45, 2.75) is 26.2 Å². The molecule has 0 aliphatic carbocycles. The summed E-state index contributed by atoms with van der Waals surface area (Å²) in [6.07, 6.45) is 3.84. The van der Waals surface area contributed by atoms with Gasteiger partial charge in [0.15, 0.2) is 0 Å². The number of carboxylic acid groups (broad SMARTS) is 1. The molecule has 1 amide bonds. The Morgan fingerprint density at radius 3 is 2.59 bits per heavy atom. The van der Waals surface area contributed by atoms with Crippen LogP contribution < -0.4 is 5.32 Å². The molecule has 5 nitrogen and oxygen atoms in total. The Hall–Kier alpha value is -2.21. The maximum absolute atomic E-state index is 11.8. The average molecular weight is 318 g/mol. The number of hydrogen-bond acceptors (Lipinski definition) is 4. The third-order valence-electron chi connectivity index (χ3n) is 3.18. The highest BCUT2D eigenvalue weighted by Gasteiger charge is 2.06. The monoisotopic (exact) mass is 318 g/mol. The van der Waals surface area contributed by atoms with Gasteiger partial charge < -0.3 is 10.4 Å². The van der Waals surface area contributed by atoms with Crippen molar-refractivity contribution < 1.29 is 14.7 Å². The van der Waals surface area contributed by atoms with Gasteiger partial charge in [0.2, 0.25) is 5.91 Å². The highest BCUT2D eigenvalue weighted by Crippen LogP contribution is 2.13. The van der Waals surface area contributed by atoms with Crippen LogP contribution in [0.1, 0.15) is 32.7 Å². The van der Waals surface area contributed by atoms with Gasteiger partial charge in [0.05, 0.1) is 17.0 Å². The molecule has 0 saturated heterocycles. The molecule has 0 radical (unpaired) electrons. The fraction of sp³-hybridized carbons (Fsp3) is 0.312. The molecule has 22 heavy (non-hydrogen) atoms. The lowest BCUT2D eigenvalue weighted by Gasteiger charge is -2.04. The summed E-state index contributed by atoms with van der Waals surface area (Å²) in [4.78, 5) is 28.1. The van der Waals surface area contributed by atoms with E-state index in [1.807, 2.05) is 6.20 Å². The number of carbonyl (C=O) groups is 2. The Bertz CT molecular complexity index is 650. The van der Waals surface area contributed by atoms with Crippen LogP contribution in [0.5, 0.6) is 0 Å². The molecule has 1 heterocycles. The molecule has 6 heteroatoms. The molecule has 0 aliphatic heterocycles. The minimum Gasteiger partial charge on any atom is -0.478 e. The topological polar surface area (TPSA) is 79.3 Å². The molecule has 1 aromatic heterocycles. The Morgan fingerprint density at radius 2 is 2.00 bits per heavy atom. The van der Waals surface area contributed by atoms with Crippen LogP contribution in [0.3, 0.4) is 0 Å². The van der Waals surface area contributed by atoms with Gasteiger partial charge in [-0.15, -0.1) is 11.3 Å². The van der Waals surface area contributed by atoms with Gasteiger partial charge in [-0.2, -0.15) is 0 Å². The third-order valence-corrected chi connectivity index (χ3v) is 4.38. The van der Waals surface area contributed by atoms with Crippen molar-refractivity contribution in [1.29, 1.82) is 0 Å². The first-order valence-corrected chi connectivity index (χ1v) is 7.92. The number of aromatic nitrogens is 1. The summed E-state index contributed by atoms with van der Waals surface area (Å²) in [6.45, 7) is 2.65. The second-order valence-electron chi connectivity index (χ2n) is 4.85. The Balaban J connectivity index is 1.76. The van der Waals surface area contributed by atoms with E-state index >= 15 is 0 Å². The number of rotatable bonds is 7. The number of carboxylic acids is 1. The minimum atomic E-state index is -0.967. The number of nitrogens with zero attached hydrogens (tertiary/aromatic N) is 1. The molecular formula is C16H18N2O3S. The number of benzene rings is 1. The van der Waals surface area contributed by atoms with E-state index in [-0.39, 0.29) is 17.9 Å². The van der Waals surface area contributed by atoms with Gasteiger partial charge in [0.1, 0.15) is 0 Å². The number of amides is 1. The molecule has 0 atom stereocenters. The van der Waals surface area contributed by atoms with Crippen molar-refractivity contribution in [3.8, 4) is 0 Å². The van der Waals surface area contributed by atoms with Crippen molar-refractivity contribution in [2.24, 2.45) is 0 Å². The van der Waals surface area contributed by atoms with Gasteiger partial charge in [0.25, 0.3) is 0 Å². The van der Waals surface area contributed by atoms with Crippen LogP contribution in [-0.2, 0) is 24.1 Å². The van der Waals surface area contributed by atoms with Crippen molar-refractivity contribution in [3.05, 3.63) is 51.5 Å². The first kappa shape index (κ1) is 16.2. The van der Waals surface area contributed by atoms with Crippen LogP contribution in [0, 0.1) is 0 Å². The van der Waals surface area contributed by atoms with Gasteiger partial charge in [-0.25, -0.2) is 9.78 Å². The Kier molecular flexibility index (Phi) is 5.66. The lowest BCUT2D eigenvalue weighted by Crippen LogP contribution is -2.27. The second-order valence-corrected chi connectivity index (χ2v) is 6.05. The van der Waals surface area contributed by atoms with E-state index in [9.17, 15) is 9.59 Å². The molecule has 1 aromatic carbocycles. The van der Waals surface area contributed by atoms with Gasteiger partial charge in [-0.1, -0.05) is 19.1 Å². The minimum absolute atomic E-state index is 0.0738. The third kappa shape index (κ3) is 4.66. The van der Waals surface area contributed by atoms with Crippen LogP contribution in [-0.4, -0.2) is 28.5 Å². The highest BCUT2D eigenvalue weighted by atomic mass is 32.1. The predicted octanol–water partition coefficient (Wildman–Crippen LogP) is 2.31. The summed E-state index contributed by atoms with van der Waals surface area (Å²) in [7, 11) is 0. The van der Waals surface area contributed by atoms with Crippen molar-refractivity contribution >= 4 is 23.2 Å².